The molecule has 3 aromatic heterocycles. The summed E-state index contributed by atoms with van der Waals surface area (Å²) in [5, 5.41) is 4.87. The number of rotatable bonds is 4. The van der Waals surface area contributed by atoms with Crippen LogP contribution in [-0.4, -0.2) is 39.1 Å². The number of thiophene rings is 2. The van der Waals surface area contributed by atoms with Crippen LogP contribution in [0.3, 0.4) is 0 Å². The molecule has 1 aliphatic heterocycles. The largest absolute Gasteiger partial charge is 0.342 e. The van der Waals surface area contributed by atoms with Crippen molar-refractivity contribution in [3.63, 3.8) is 0 Å². The van der Waals surface area contributed by atoms with Gasteiger partial charge in [0.15, 0.2) is 5.16 Å². The number of fused-ring (bicyclic) bond motifs is 1. The van der Waals surface area contributed by atoms with Crippen LogP contribution in [0.2, 0.25) is 0 Å². The van der Waals surface area contributed by atoms with E-state index < -0.39 is 0 Å². The van der Waals surface area contributed by atoms with Gasteiger partial charge in [-0.15, -0.1) is 22.7 Å². The zero-order valence-electron chi connectivity index (χ0n) is 13.7. The molecule has 1 saturated heterocycles. The average Bonchev–Trinajstić information content (AvgIpc) is 3.33. The minimum absolute atomic E-state index is 0.121. The van der Waals surface area contributed by atoms with Gasteiger partial charge in [-0.05, 0) is 31.2 Å². The van der Waals surface area contributed by atoms with E-state index in [2.05, 4.69) is 9.97 Å². The van der Waals surface area contributed by atoms with Crippen molar-refractivity contribution in [2.24, 2.45) is 0 Å². The molecule has 5 nitrogen and oxygen atoms in total. The Labute approximate surface area is 157 Å². The molecule has 1 aliphatic rings. The zero-order chi connectivity index (χ0) is 17.4. The van der Waals surface area contributed by atoms with Gasteiger partial charge in [0.2, 0.25) is 5.91 Å². The molecule has 1 amide bonds. The Kier molecular flexibility index (Phi) is 4.66. The number of amides is 1. The number of carbonyl (C=O) groups excluding carboxylic acids is 1. The highest BCUT2D eigenvalue weighted by Crippen LogP contribution is 2.34. The second-order valence-corrected chi connectivity index (χ2v) is 9.11. The molecule has 0 unspecified atom stereocenters. The Hall–Kier alpha value is -1.64. The van der Waals surface area contributed by atoms with Gasteiger partial charge in [-0.25, -0.2) is 4.98 Å². The van der Waals surface area contributed by atoms with E-state index in [0.29, 0.717) is 10.5 Å². The average molecular weight is 392 g/mol. The number of hydrogen-bond acceptors (Lipinski definition) is 6. The van der Waals surface area contributed by atoms with Gasteiger partial charge in [0.05, 0.1) is 10.6 Å². The van der Waals surface area contributed by atoms with Gasteiger partial charge in [0.1, 0.15) is 4.83 Å². The van der Waals surface area contributed by atoms with E-state index in [1.807, 2.05) is 34.7 Å². The molecule has 130 valence electrons. The Balaban J connectivity index is 1.61. The van der Waals surface area contributed by atoms with Crippen LogP contribution in [-0.2, 0) is 4.79 Å². The van der Waals surface area contributed by atoms with Crippen molar-refractivity contribution in [3.8, 4) is 10.4 Å². The first-order valence-corrected chi connectivity index (χ1v) is 10.8. The van der Waals surface area contributed by atoms with Crippen LogP contribution in [0.4, 0.5) is 0 Å². The van der Waals surface area contributed by atoms with Crippen molar-refractivity contribution >= 4 is 50.6 Å². The molecule has 1 fully saturated rings. The summed E-state index contributed by atoms with van der Waals surface area (Å²) in [6, 6.07) is 3.98. The first kappa shape index (κ1) is 16.8. The number of likely N-dealkylation sites (tertiary alicyclic amines) is 1. The molecule has 4 heterocycles. The molecule has 25 heavy (non-hydrogen) atoms. The van der Waals surface area contributed by atoms with E-state index in [1.165, 1.54) is 23.1 Å². The summed E-state index contributed by atoms with van der Waals surface area (Å²) in [5.41, 5.74) is 0.791. The van der Waals surface area contributed by atoms with Gasteiger partial charge in [-0.1, -0.05) is 17.8 Å². The molecule has 4 rings (SSSR count). The number of H-pyrrole nitrogens is 1. The number of thioether (sulfide) groups is 1. The Morgan fingerprint density at radius 2 is 2.16 bits per heavy atom. The predicted molar refractivity (Wildman–Crippen MR) is 105 cm³/mol. The summed E-state index contributed by atoms with van der Waals surface area (Å²) in [6.45, 7) is 3.55. The van der Waals surface area contributed by atoms with Crippen molar-refractivity contribution in [1.82, 2.24) is 14.9 Å². The molecular formula is C17H17N3O2S3. The first-order valence-electron chi connectivity index (χ1n) is 8.14. The summed E-state index contributed by atoms with van der Waals surface area (Å²) < 4.78 is 0. The maximum Gasteiger partial charge on any atom is 0.260 e. The number of aromatic amines is 1. The van der Waals surface area contributed by atoms with Crippen molar-refractivity contribution in [2.75, 3.05) is 13.1 Å². The summed E-state index contributed by atoms with van der Waals surface area (Å²) in [7, 11) is 0. The molecule has 3 aromatic rings. The normalized spacial score (nSPS) is 15.8. The van der Waals surface area contributed by atoms with Crippen LogP contribution in [0.15, 0.2) is 32.8 Å². The summed E-state index contributed by atoms with van der Waals surface area (Å²) in [5.74, 6) is 0.121. The zero-order valence-corrected chi connectivity index (χ0v) is 16.1. The Bertz CT molecular complexity index is 955. The van der Waals surface area contributed by atoms with Gasteiger partial charge >= 0.3 is 0 Å². The van der Waals surface area contributed by atoms with E-state index in [1.54, 1.807) is 11.3 Å². The van der Waals surface area contributed by atoms with Crippen LogP contribution >= 0.6 is 34.4 Å². The van der Waals surface area contributed by atoms with Crippen LogP contribution in [0, 0.1) is 0 Å². The van der Waals surface area contributed by atoms with Gasteiger partial charge in [-0.2, -0.15) is 0 Å². The topological polar surface area (TPSA) is 66.1 Å². The molecule has 0 saturated carbocycles. The fourth-order valence-corrected chi connectivity index (χ4v) is 5.71. The van der Waals surface area contributed by atoms with Gasteiger partial charge in [-0.3, -0.25) is 9.59 Å². The summed E-state index contributed by atoms with van der Waals surface area (Å²) >= 11 is 4.40. The van der Waals surface area contributed by atoms with Crippen molar-refractivity contribution in [3.05, 3.63) is 33.2 Å². The fraction of sp³-hybridized carbons (Fsp3) is 0.353. The minimum atomic E-state index is -0.254. The molecule has 0 radical (unpaired) electrons. The predicted octanol–water partition coefficient (Wildman–Crippen LogP) is 3.82. The quantitative estimate of drug-likeness (QED) is 0.542. The maximum absolute atomic E-state index is 12.6. The van der Waals surface area contributed by atoms with E-state index in [9.17, 15) is 9.59 Å². The maximum atomic E-state index is 12.6. The highest BCUT2D eigenvalue weighted by molar-refractivity contribution is 8.00. The number of nitrogens with zero attached hydrogens (tertiary/aromatic N) is 2. The number of aromatic nitrogens is 2. The third kappa shape index (κ3) is 3.26. The lowest BCUT2D eigenvalue weighted by Crippen LogP contribution is -2.34. The van der Waals surface area contributed by atoms with E-state index >= 15 is 0 Å². The molecular weight excluding hydrogens is 374 g/mol. The van der Waals surface area contributed by atoms with Crippen LogP contribution < -0.4 is 5.56 Å². The first-order chi connectivity index (χ1) is 12.1. The van der Waals surface area contributed by atoms with Crippen LogP contribution in [0.5, 0.6) is 0 Å². The molecule has 8 heteroatoms. The number of hydrogen-bond donors (Lipinski definition) is 1. The number of nitrogens with one attached hydrogen (secondary N) is 1. The van der Waals surface area contributed by atoms with E-state index in [4.69, 9.17) is 0 Å². The van der Waals surface area contributed by atoms with Gasteiger partial charge < -0.3 is 9.88 Å². The third-order valence-electron chi connectivity index (χ3n) is 4.26. The van der Waals surface area contributed by atoms with Crippen molar-refractivity contribution in [1.29, 1.82) is 0 Å². The summed E-state index contributed by atoms with van der Waals surface area (Å²) in [6.07, 6.45) is 2.15. The molecule has 0 bridgehead atoms. The second kappa shape index (κ2) is 6.93. The monoisotopic (exact) mass is 391 g/mol. The van der Waals surface area contributed by atoms with Crippen molar-refractivity contribution < 1.29 is 4.79 Å². The highest BCUT2D eigenvalue weighted by atomic mass is 32.2. The third-order valence-corrected chi connectivity index (χ3v) is 7.01. The lowest BCUT2D eigenvalue weighted by atomic mass is 10.2. The van der Waals surface area contributed by atoms with E-state index in [-0.39, 0.29) is 16.7 Å². The molecule has 0 aliphatic carbocycles. The SMILES string of the molecule is C[C@@H](Sc1nc2scc(-c3cccs3)c2c(=O)[nH]1)C(=O)N1CCCC1. The summed E-state index contributed by atoms with van der Waals surface area (Å²) in [4.78, 5) is 36.1. The van der Waals surface area contributed by atoms with Crippen molar-refractivity contribution in [2.45, 2.75) is 30.2 Å². The smallest absolute Gasteiger partial charge is 0.260 e. The van der Waals surface area contributed by atoms with Crippen LogP contribution in [0.1, 0.15) is 19.8 Å². The fourth-order valence-electron chi connectivity index (χ4n) is 3.01. The standard InChI is InChI=1S/C17H17N3O2S3/c1-10(16(22)20-6-2-3-7-20)25-17-18-14(21)13-11(9-24-15(13)19-17)12-5-4-8-23-12/h4-5,8-10H,2-3,6-7H2,1H3,(H,18,19,21)/t10-/m1/s1. The molecule has 1 atom stereocenters. The van der Waals surface area contributed by atoms with Gasteiger partial charge in [0, 0.05) is 28.9 Å². The molecule has 0 spiro atoms. The van der Waals surface area contributed by atoms with Gasteiger partial charge in [0.25, 0.3) is 5.56 Å². The lowest BCUT2D eigenvalue weighted by molar-refractivity contribution is -0.129. The van der Waals surface area contributed by atoms with Crippen LogP contribution in [0.25, 0.3) is 20.7 Å². The highest BCUT2D eigenvalue weighted by Gasteiger charge is 2.25. The Morgan fingerprint density at radius 3 is 2.88 bits per heavy atom. The Morgan fingerprint density at radius 1 is 1.36 bits per heavy atom. The number of carbonyl (C=O) groups is 1. The molecule has 1 N–H and O–H groups in total. The minimum Gasteiger partial charge on any atom is -0.342 e. The molecule has 0 aromatic carbocycles. The second-order valence-electron chi connectivity index (χ2n) is 5.97. The lowest BCUT2D eigenvalue weighted by Gasteiger charge is -2.19. The van der Waals surface area contributed by atoms with E-state index in [0.717, 1.165) is 41.2 Å².